The molecule has 0 radical (unpaired) electrons. The van der Waals surface area contributed by atoms with Crippen LogP contribution in [0.5, 0.6) is 5.75 Å². The van der Waals surface area contributed by atoms with Crippen LogP contribution in [0.4, 0.5) is 0 Å². The zero-order valence-corrected chi connectivity index (χ0v) is 13.9. The number of ether oxygens (including phenoxy) is 1. The molecule has 0 aromatic heterocycles. The summed E-state index contributed by atoms with van der Waals surface area (Å²) in [6.07, 6.45) is 0. The van der Waals surface area contributed by atoms with E-state index in [2.05, 4.69) is 63.0 Å². The Bertz CT molecular complexity index is 402. The summed E-state index contributed by atoms with van der Waals surface area (Å²) >= 11 is 0. The zero-order valence-electron chi connectivity index (χ0n) is 13.9. The predicted octanol–water partition coefficient (Wildman–Crippen LogP) is 3.38. The quantitative estimate of drug-likeness (QED) is 0.789. The molecule has 114 valence electrons. The molecule has 0 saturated heterocycles. The number of nitrogens with one attached hydrogen (secondary N) is 1. The molecule has 0 saturated carbocycles. The third-order valence-electron chi connectivity index (χ3n) is 3.82. The molecular weight excluding hydrogens is 248 g/mol. The Morgan fingerprint density at radius 1 is 1.20 bits per heavy atom. The van der Waals surface area contributed by atoms with Gasteiger partial charge >= 0.3 is 0 Å². The van der Waals surface area contributed by atoms with Gasteiger partial charge in [-0.15, -0.1) is 0 Å². The van der Waals surface area contributed by atoms with E-state index in [1.807, 2.05) is 0 Å². The van der Waals surface area contributed by atoms with Crippen molar-refractivity contribution in [2.24, 2.45) is 0 Å². The molecule has 0 spiro atoms. The number of hydrogen-bond acceptors (Lipinski definition) is 3. The topological polar surface area (TPSA) is 24.5 Å². The molecule has 1 aromatic rings. The van der Waals surface area contributed by atoms with Crippen LogP contribution in [0.2, 0.25) is 0 Å². The first-order valence-corrected chi connectivity index (χ1v) is 7.64. The van der Waals surface area contributed by atoms with Gasteiger partial charge in [0.1, 0.15) is 5.75 Å². The zero-order chi connectivity index (χ0) is 15.1. The van der Waals surface area contributed by atoms with E-state index in [-0.39, 0.29) is 6.04 Å². The third kappa shape index (κ3) is 4.80. The summed E-state index contributed by atoms with van der Waals surface area (Å²) in [6, 6.07) is 7.15. The van der Waals surface area contributed by atoms with Crippen LogP contribution in [0.1, 0.15) is 44.9 Å². The van der Waals surface area contributed by atoms with Gasteiger partial charge in [-0.2, -0.15) is 0 Å². The minimum atomic E-state index is 0.288. The smallest absolute Gasteiger partial charge is 0.123 e. The molecule has 0 fully saturated rings. The van der Waals surface area contributed by atoms with Gasteiger partial charge in [0.15, 0.2) is 0 Å². The van der Waals surface area contributed by atoms with E-state index in [1.165, 1.54) is 11.1 Å². The second kappa shape index (κ2) is 8.28. The lowest BCUT2D eigenvalue weighted by Gasteiger charge is -2.27. The first-order valence-electron chi connectivity index (χ1n) is 7.64. The van der Waals surface area contributed by atoms with Gasteiger partial charge in [-0.1, -0.05) is 26.0 Å². The van der Waals surface area contributed by atoms with E-state index in [4.69, 9.17) is 4.74 Å². The van der Waals surface area contributed by atoms with Crippen LogP contribution >= 0.6 is 0 Å². The lowest BCUT2D eigenvalue weighted by atomic mass is 10.0. The summed E-state index contributed by atoms with van der Waals surface area (Å²) in [5, 5.41) is 3.67. The molecule has 2 atom stereocenters. The largest absolute Gasteiger partial charge is 0.496 e. The minimum absolute atomic E-state index is 0.288. The summed E-state index contributed by atoms with van der Waals surface area (Å²) in [5.41, 5.74) is 2.46. The Morgan fingerprint density at radius 3 is 2.40 bits per heavy atom. The average molecular weight is 278 g/mol. The minimum Gasteiger partial charge on any atom is -0.496 e. The van der Waals surface area contributed by atoms with E-state index >= 15 is 0 Å². The fourth-order valence-electron chi connectivity index (χ4n) is 2.61. The van der Waals surface area contributed by atoms with Gasteiger partial charge in [-0.25, -0.2) is 0 Å². The second-order valence-corrected chi connectivity index (χ2v) is 5.52. The Labute approximate surface area is 124 Å². The first-order chi connectivity index (χ1) is 9.51. The fraction of sp³-hybridized carbons (Fsp3) is 0.647. The van der Waals surface area contributed by atoms with Crippen molar-refractivity contribution in [1.82, 2.24) is 10.2 Å². The normalized spacial score (nSPS) is 14.3. The van der Waals surface area contributed by atoms with E-state index in [0.29, 0.717) is 6.04 Å². The summed E-state index contributed by atoms with van der Waals surface area (Å²) < 4.78 is 5.50. The molecule has 0 heterocycles. The van der Waals surface area contributed by atoms with E-state index in [9.17, 15) is 0 Å². The maximum atomic E-state index is 5.50. The Balaban J connectivity index is 2.68. The van der Waals surface area contributed by atoms with Gasteiger partial charge in [0.2, 0.25) is 0 Å². The molecule has 1 rings (SSSR count). The van der Waals surface area contributed by atoms with Gasteiger partial charge in [0.25, 0.3) is 0 Å². The van der Waals surface area contributed by atoms with Gasteiger partial charge in [-0.3, -0.25) is 0 Å². The van der Waals surface area contributed by atoms with Crippen LogP contribution in [0.3, 0.4) is 0 Å². The number of likely N-dealkylation sites (N-methyl/N-ethyl adjacent to an activating group) is 1. The van der Waals surface area contributed by atoms with Crippen molar-refractivity contribution in [3.63, 3.8) is 0 Å². The maximum Gasteiger partial charge on any atom is 0.123 e. The van der Waals surface area contributed by atoms with Gasteiger partial charge in [0.05, 0.1) is 7.11 Å². The lowest BCUT2D eigenvalue weighted by Crippen LogP contribution is -2.40. The van der Waals surface area contributed by atoms with Crippen LogP contribution in [0, 0.1) is 6.92 Å². The molecule has 20 heavy (non-hydrogen) atoms. The van der Waals surface area contributed by atoms with Gasteiger partial charge < -0.3 is 15.0 Å². The highest BCUT2D eigenvalue weighted by atomic mass is 16.5. The number of aryl methyl sites for hydroxylation is 1. The summed E-state index contributed by atoms with van der Waals surface area (Å²) in [5.74, 6) is 0.972. The predicted molar refractivity (Wildman–Crippen MR) is 86.5 cm³/mol. The number of methoxy groups -OCH3 is 1. The van der Waals surface area contributed by atoms with Crippen molar-refractivity contribution in [2.45, 2.75) is 46.7 Å². The van der Waals surface area contributed by atoms with Crippen molar-refractivity contribution in [3.8, 4) is 5.75 Å². The van der Waals surface area contributed by atoms with Crippen LogP contribution < -0.4 is 10.1 Å². The summed E-state index contributed by atoms with van der Waals surface area (Å²) in [6.45, 7) is 14.2. The Morgan fingerprint density at radius 2 is 1.85 bits per heavy atom. The molecule has 0 bridgehead atoms. The molecule has 3 nitrogen and oxygen atoms in total. The summed E-state index contributed by atoms with van der Waals surface area (Å²) in [7, 11) is 1.74. The fourth-order valence-corrected chi connectivity index (χ4v) is 2.61. The van der Waals surface area contributed by atoms with Crippen LogP contribution in [-0.4, -0.2) is 37.7 Å². The molecule has 2 unspecified atom stereocenters. The van der Waals surface area contributed by atoms with Crippen molar-refractivity contribution in [1.29, 1.82) is 0 Å². The van der Waals surface area contributed by atoms with Gasteiger partial charge in [-0.05, 0) is 45.5 Å². The van der Waals surface area contributed by atoms with Crippen LogP contribution in [0.25, 0.3) is 0 Å². The SMILES string of the molecule is CCN(CC)CC(C)NC(C)c1ccc(C)cc1OC. The van der Waals surface area contributed by atoms with Gasteiger partial charge in [0, 0.05) is 24.2 Å². The molecule has 1 aromatic carbocycles. The molecule has 1 N–H and O–H groups in total. The highest BCUT2D eigenvalue weighted by Crippen LogP contribution is 2.26. The van der Waals surface area contributed by atoms with E-state index < -0.39 is 0 Å². The van der Waals surface area contributed by atoms with Crippen molar-refractivity contribution < 1.29 is 4.74 Å². The highest BCUT2D eigenvalue weighted by Gasteiger charge is 2.15. The van der Waals surface area contributed by atoms with Crippen LogP contribution in [0.15, 0.2) is 18.2 Å². The lowest BCUT2D eigenvalue weighted by molar-refractivity contribution is 0.263. The van der Waals surface area contributed by atoms with Crippen LogP contribution in [-0.2, 0) is 0 Å². The van der Waals surface area contributed by atoms with Crippen molar-refractivity contribution >= 4 is 0 Å². The van der Waals surface area contributed by atoms with Crippen molar-refractivity contribution in [2.75, 3.05) is 26.7 Å². The molecule has 0 aliphatic carbocycles. The molecule has 0 aliphatic rings. The standard InChI is InChI=1S/C17H30N2O/c1-7-19(8-2)12-14(4)18-15(5)16-10-9-13(3)11-17(16)20-6/h9-11,14-15,18H,7-8,12H2,1-6H3. The molecular formula is C17H30N2O. The number of hydrogen-bond donors (Lipinski definition) is 1. The van der Waals surface area contributed by atoms with E-state index in [1.54, 1.807) is 7.11 Å². The van der Waals surface area contributed by atoms with Crippen molar-refractivity contribution in [3.05, 3.63) is 29.3 Å². The Kier molecular flexibility index (Phi) is 7.03. The molecule has 0 aliphatic heterocycles. The number of benzene rings is 1. The molecule has 3 heteroatoms. The monoisotopic (exact) mass is 278 g/mol. The van der Waals surface area contributed by atoms with E-state index in [0.717, 1.165) is 25.4 Å². The second-order valence-electron chi connectivity index (χ2n) is 5.52. The first kappa shape index (κ1) is 17.0. The highest BCUT2D eigenvalue weighted by molar-refractivity contribution is 5.39. The Hall–Kier alpha value is -1.06. The average Bonchev–Trinajstić information content (AvgIpc) is 2.44. The summed E-state index contributed by atoms with van der Waals surface area (Å²) in [4.78, 5) is 2.44. The third-order valence-corrected chi connectivity index (χ3v) is 3.82. The number of nitrogens with zero attached hydrogens (tertiary/aromatic N) is 1. The number of rotatable bonds is 8. The molecule has 0 amide bonds. The maximum absolute atomic E-state index is 5.50.